The van der Waals surface area contributed by atoms with Crippen molar-refractivity contribution >= 4 is 11.8 Å². The number of carbonyl (C=O) groups is 2. The number of nitrogens with one attached hydrogen (secondary N) is 1. The predicted octanol–water partition coefficient (Wildman–Crippen LogP) is 0.580. The second kappa shape index (κ2) is 8.69. The van der Waals surface area contributed by atoms with Crippen LogP contribution in [0.15, 0.2) is 12.2 Å². The number of halogens is 1. The third-order valence-corrected chi connectivity index (χ3v) is 2.26. The Bertz CT molecular complexity index is 280. The zero-order valence-corrected chi connectivity index (χ0v) is 10.7. The van der Waals surface area contributed by atoms with Gasteiger partial charge in [-0.2, -0.15) is 0 Å². The quantitative estimate of drug-likeness (QED) is 0.237. The van der Waals surface area contributed by atoms with Crippen molar-refractivity contribution in [2.45, 2.75) is 26.7 Å². The fourth-order valence-electron chi connectivity index (χ4n) is 1.23. The Kier molecular flexibility index (Phi) is 9.18. The van der Waals surface area contributed by atoms with E-state index in [1.807, 2.05) is 6.92 Å². The molecule has 0 saturated carbocycles. The van der Waals surface area contributed by atoms with Gasteiger partial charge in [0.05, 0.1) is 0 Å². The molecular formula is C11H22FN3O2. The van der Waals surface area contributed by atoms with Crippen molar-refractivity contribution in [2.24, 2.45) is 11.8 Å². The highest BCUT2D eigenvalue weighted by Crippen LogP contribution is 2.06. The van der Waals surface area contributed by atoms with Crippen LogP contribution in [0.5, 0.6) is 0 Å². The van der Waals surface area contributed by atoms with E-state index in [-0.39, 0.29) is 22.4 Å². The number of nitrogens with zero attached hydrogens (tertiary/aromatic N) is 1. The monoisotopic (exact) mass is 247 g/mol. The molecule has 0 aromatic rings. The molecule has 5 nitrogen and oxygen atoms in total. The number of hydrogen-bond donors (Lipinski definition) is 2. The highest BCUT2D eigenvalue weighted by atomic mass is 19.0. The summed E-state index contributed by atoms with van der Waals surface area (Å²) in [6.07, 6.45) is 1.45. The summed E-state index contributed by atoms with van der Waals surface area (Å²) in [5.41, 5.74) is 0.491. The molecule has 3 N–H and O–H groups in total. The summed E-state index contributed by atoms with van der Waals surface area (Å²) in [6, 6.07) is 0. The molecule has 2 amide bonds. The Labute approximate surface area is 101 Å². The summed E-state index contributed by atoms with van der Waals surface area (Å²) < 4.78 is 0. The van der Waals surface area contributed by atoms with Crippen molar-refractivity contribution in [1.29, 1.82) is 0 Å². The summed E-state index contributed by atoms with van der Waals surface area (Å²) in [6.45, 7) is 7.57. The first-order valence-electron chi connectivity index (χ1n) is 5.32. The molecule has 1 unspecified atom stereocenters. The molecular weight excluding hydrogens is 225 g/mol. The van der Waals surface area contributed by atoms with Gasteiger partial charge in [-0.3, -0.25) is 19.3 Å². The lowest BCUT2D eigenvalue weighted by molar-refractivity contribution is -0.134. The molecule has 0 aliphatic rings. The maximum Gasteiger partial charge on any atom is 0.246 e. The number of hydrazine groups is 1. The summed E-state index contributed by atoms with van der Waals surface area (Å²) >= 11 is 0. The minimum absolute atomic E-state index is 0. The van der Waals surface area contributed by atoms with Gasteiger partial charge in [0.1, 0.15) is 0 Å². The largest absolute Gasteiger partial charge is 0.352 e. The molecule has 0 fully saturated rings. The van der Waals surface area contributed by atoms with Crippen LogP contribution < -0.4 is 11.2 Å². The van der Waals surface area contributed by atoms with Crippen molar-refractivity contribution in [3.8, 4) is 0 Å². The zero-order chi connectivity index (χ0) is 12.7. The minimum Gasteiger partial charge on any atom is -0.352 e. The van der Waals surface area contributed by atoms with E-state index in [1.165, 1.54) is 7.05 Å². The lowest BCUT2D eigenvalue weighted by Gasteiger charge is -2.16. The van der Waals surface area contributed by atoms with Crippen LogP contribution in [0.2, 0.25) is 0 Å². The van der Waals surface area contributed by atoms with Crippen molar-refractivity contribution in [3.05, 3.63) is 12.2 Å². The third kappa shape index (κ3) is 7.46. The van der Waals surface area contributed by atoms with Crippen molar-refractivity contribution in [3.63, 3.8) is 0 Å². The van der Waals surface area contributed by atoms with Gasteiger partial charge in [0.2, 0.25) is 11.8 Å². The van der Waals surface area contributed by atoms with Crippen LogP contribution in [0.3, 0.4) is 0 Å². The van der Waals surface area contributed by atoms with E-state index in [1.54, 1.807) is 6.92 Å². The fraction of sp³-hybridized carbons (Fsp3) is 0.636. The Morgan fingerprint density at radius 3 is 2.41 bits per heavy atom. The fourth-order valence-corrected chi connectivity index (χ4v) is 1.23. The SMILES string of the molecule is C=C(C)C(=O)NCCCC(C)C(=O)N(C)N.F. The van der Waals surface area contributed by atoms with Gasteiger partial charge in [0, 0.05) is 25.1 Å². The molecule has 0 radical (unpaired) electrons. The third-order valence-electron chi connectivity index (χ3n) is 2.26. The smallest absolute Gasteiger partial charge is 0.246 e. The van der Waals surface area contributed by atoms with Gasteiger partial charge < -0.3 is 5.32 Å². The second-order valence-electron chi connectivity index (χ2n) is 4.03. The van der Waals surface area contributed by atoms with Crippen LogP contribution >= 0.6 is 0 Å². The molecule has 6 heteroatoms. The number of carbonyl (C=O) groups excluding carboxylic acids is 2. The summed E-state index contributed by atoms with van der Waals surface area (Å²) in [5, 5.41) is 3.81. The van der Waals surface area contributed by atoms with Crippen LogP contribution in [0, 0.1) is 5.92 Å². The van der Waals surface area contributed by atoms with Crippen LogP contribution in [-0.4, -0.2) is 30.4 Å². The topological polar surface area (TPSA) is 75.4 Å². The molecule has 0 saturated heterocycles. The average Bonchev–Trinajstić information content (AvgIpc) is 2.22. The van der Waals surface area contributed by atoms with E-state index in [0.717, 1.165) is 11.4 Å². The molecule has 0 spiro atoms. The van der Waals surface area contributed by atoms with Crippen molar-refractivity contribution in [1.82, 2.24) is 10.3 Å². The van der Waals surface area contributed by atoms with E-state index in [4.69, 9.17) is 5.84 Å². The normalized spacial score (nSPS) is 11.1. The summed E-state index contributed by atoms with van der Waals surface area (Å²) in [5.74, 6) is 4.98. The van der Waals surface area contributed by atoms with Gasteiger partial charge in [-0.25, -0.2) is 5.84 Å². The molecule has 0 aliphatic carbocycles. The van der Waals surface area contributed by atoms with Crippen LogP contribution in [0.1, 0.15) is 26.7 Å². The van der Waals surface area contributed by atoms with Gasteiger partial charge in [-0.1, -0.05) is 13.5 Å². The number of amides is 2. The summed E-state index contributed by atoms with van der Waals surface area (Å²) in [7, 11) is 1.53. The van der Waals surface area contributed by atoms with Crippen molar-refractivity contribution in [2.75, 3.05) is 13.6 Å². The van der Waals surface area contributed by atoms with E-state index < -0.39 is 0 Å². The minimum atomic E-state index is -0.144. The molecule has 1 atom stereocenters. The molecule has 0 aromatic carbocycles. The zero-order valence-electron chi connectivity index (χ0n) is 10.7. The standard InChI is InChI=1S/C11H21N3O2.FH/c1-8(2)10(15)13-7-5-6-9(3)11(16)14(4)12;/h9H,1,5-7,12H2,2-4H3,(H,13,15);1H. The predicted molar refractivity (Wildman–Crippen MR) is 65.7 cm³/mol. The molecule has 0 rings (SSSR count). The van der Waals surface area contributed by atoms with Gasteiger partial charge >= 0.3 is 0 Å². The lowest BCUT2D eigenvalue weighted by atomic mass is 10.0. The summed E-state index contributed by atoms with van der Waals surface area (Å²) in [4.78, 5) is 22.5. The number of rotatable bonds is 6. The Hall–Kier alpha value is -1.43. The van der Waals surface area contributed by atoms with E-state index in [0.29, 0.717) is 18.5 Å². The van der Waals surface area contributed by atoms with E-state index in [2.05, 4.69) is 11.9 Å². The molecule has 100 valence electrons. The maximum absolute atomic E-state index is 11.4. The lowest BCUT2D eigenvalue weighted by Crippen LogP contribution is -2.37. The second-order valence-corrected chi connectivity index (χ2v) is 4.03. The first-order chi connectivity index (χ1) is 7.36. The first-order valence-corrected chi connectivity index (χ1v) is 5.32. The Morgan fingerprint density at radius 2 is 2.00 bits per heavy atom. The number of nitrogens with two attached hydrogens (primary N) is 1. The van der Waals surface area contributed by atoms with Gasteiger partial charge in [0.25, 0.3) is 0 Å². The maximum atomic E-state index is 11.4. The molecule has 0 aromatic heterocycles. The van der Waals surface area contributed by atoms with Gasteiger partial charge in [0.15, 0.2) is 0 Å². The molecule has 0 bridgehead atoms. The van der Waals surface area contributed by atoms with Gasteiger partial charge in [-0.05, 0) is 19.8 Å². The highest BCUT2D eigenvalue weighted by Gasteiger charge is 2.14. The van der Waals surface area contributed by atoms with Gasteiger partial charge in [-0.15, -0.1) is 0 Å². The molecule has 17 heavy (non-hydrogen) atoms. The molecule has 0 heterocycles. The van der Waals surface area contributed by atoms with Crippen LogP contribution in [0.25, 0.3) is 0 Å². The van der Waals surface area contributed by atoms with Crippen LogP contribution in [0.4, 0.5) is 4.70 Å². The number of hydrogen-bond acceptors (Lipinski definition) is 3. The van der Waals surface area contributed by atoms with E-state index >= 15 is 0 Å². The Balaban J connectivity index is 0. The highest BCUT2D eigenvalue weighted by molar-refractivity contribution is 5.92. The average molecular weight is 247 g/mol. The van der Waals surface area contributed by atoms with Crippen LogP contribution in [-0.2, 0) is 9.59 Å². The first kappa shape index (κ1) is 17.9. The Morgan fingerprint density at radius 1 is 1.47 bits per heavy atom. The van der Waals surface area contributed by atoms with E-state index in [9.17, 15) is 9.59 Å². The molecule has 0 aliphatic heterocycles. The van der Waals surface area contributed by atoms with Crippen molar-refractivity contribution < 1.29 is 14.3 Å².